The summed E-state index contributed by atoms with van der Waals surface area (Å²) in [6.45, 7) is 0. The number of aromatic nitrogens is 4. The van der Waals surface area contributed by atoms with Crippen molar-refractivity contribution in [2.45, 2.75) is 0 Å². The van der Waals surface area contributed by atoms with Crippen LogP contribution in [-0.2, 0) is 0 Å². The molecule has 6 aromatic carbocycles. The molecule has 0 spiro atoms. The Labute approximate surface area is 300 Å². The maximum absolute atomic E-state index is 9.40. The summed E-state index contributed by atoms with van der Waals surface area (Å²) in [6.07, 6.45) is 0. The van der Waals surface area contributed by atoms with Crippen molar-refractivity contribution in [3.8, 4) is 34.0 Å². The first-order valence-corrected chi connectivity index (χ1v) is 15.7. The Hall–Kier alpha value is -6.22. The second-order valence-corrected chi connectivity index (χ2v) is 11.2. The van der Waals surface area contributed by atoms with E-state index in [1.165, 1.54) is 0 Å². The minimum atomic E-state index is 0. The van der Waals surface area contributed by atoms with Gasteiger partial charge in [-0.15, -0.1) is 32.8 Å². The highest BCUT2D eigenvalue weighted by Crippen LogP contribution is 2.31. The molecule has 248 valence electrons. The van der Waals surface area contributed by atoms with E-state index in [-0.39, 0.29) is 23.9 Å². The van der Waals surface area contributed by atoms with E-state index in [9.17, 15) is 5.11 Å². The van der Waals surface area contributed by atoms with Gasteiger partial charge < -0.3 is 21.3 Å². The van der Waals surface area contributed by atoms with Crippen LogP contribution in [0.1, 0.15) is 0 Å². The molecule has 0 fully saturated rings. The zero-order valence-electron chi connectivity index (χ0n) is 26.6. The van der Waals surface area contributed by atoms with Crippen LogP contribution in [0.25, 0.3) is 44.1 Å². The quantitative estimate of drug-likeness (QED) is 0.106. The summed E-state index contributed by atoms with van der Waals surface area (Å²) in [6, 6.07) is 49.3. The van der Waals surface area contributed by atoms with Gasteiger partial charge in [-0.05, 0) is 48.5 Å². The Morgan fingerprint density at radius 3 is 1.40 bits per heavy atom. The van der Waals surface area contributed by atoms with Gasteiger partial charge in [0.15, 0.2) is 11.0 Å². The number of nitrogens with two attached hydrogens (primary N) is 1. The smallest absolute Gasteiger partial charge is 0.161 e. The normalized spacial score (nSPS) is 10.2. The van der Waals surface area contributed by atoms with Crippen molar-refractivity contribution in [1.29, 1.82) is 0 Å². The van der Waals surface area contributed by atoms with Crippen LogP contribution in [0.15, 0.2) is 158 Å². The van der Waals surface area contributed by atoms with Crippen LogP contribution in [0, 0.1) is 0 Å². The molecule has 10 heteroatoms. The summed E-state index contributed by atoms with van der Waals surface area (Å²) in [7, 11) is 0. The molecule has 0 radical (unpaired) electrons. The van der Waals surface area contributed by atoms with Crippen molar-refractivity contribution in [3.05, 3.63) is 163 Å². The molecule has 2 heterocycles. The van der Waals surface area contributed by atoms with Gasteiger partial charge in [-0.1, -0.05) is 121 Å². The molecule has 0 saturated carbocycles. The Morgan fingerprint density at radius 2 is 0.880 bits per heavy atom. The first-order chi connectivity index (χ1) is 24.0. The van der Waals surface area contributed by atoms with Crippen molar-refractivity contribution in [2.24, 2.45) is 0 Å². The summed E-state index contributed by atoms with van der Waals surface area (Å²) in [4.78, 5) is 0. The molecule has 0 unspecified atom stereocenters. The largest absolute Gasteiger partial charge is 0.508 e. The number of hydrogen-bond donors (Lipinski definition) is 4. The maximum Gasteiger partial charge on any atom is 0.161 e. The van der Waals surface area contributed by atoms with E-state index >= 15 is 0 Å². The number of aromatic hydroxyl groups is 2. The number of nitrogens with zero attached hydrogens (tertiary/aromatic N) is 4. The van der Waals surface area contributed by atoms with Gasteiger partial charge in [-0.3, -0.25) is 0 Å². The second kappa shape index (κ2) is 16.7. The Bertz CT molecular complexity index is 2270. The molecule has 8 rings (SSSR count). The highest BCUT2D eigenvalue weighted by atomic mass is 35.5. The summed E-state index contributed by atoms with van der Waals surface area (Å²) in [5.41, 5.74) is 10.6. The molecule has 2 aromatic heterocycles. The first kappa shape index (κ1) is 35.1. The van der Waals surface area contributed by atoms with Gasteiger partial charge in [0, 0.05) is 44.0 Å². The number of fused-ring (bicyclic) bond motifs is 2. The molecule has 0 bridgehead atoms. The van der Waals surface area contributed by atoms with Crippen molar-refractivity contribution in [1.82, 2.24) is 20.4 Å². The van der Waals surface area contributed by atoms with E-state index in [1.807, 2.05) is 109 Å². The molecular weight excluding hydrogens is 667 g/mol. The van der Waals surface area contributed by atoms with Crippen molar-refractivity contribution < 1.29 is 10.2 Å². The van der Waals surface area contributed by atoms with Crippen LogP contribution >= 0.6 is 24.0 Å². The average molecular weight is 700 g/mol. The van der Waals surface area contributed by atoms with Crippen LogP contribution < -0.4 is 11.1 Å². The minimum absolute atomic E-state index is 0. The predicted molar refractivity (Wildman–Crippen MR) is 206 cm³/mol. The third-order valence-corrected chi connectivity index (χ3v) is 7.73. The van der Waals surface area contributed by atoms with Crippen LogP contribution in [0.4, 0.5) is 17.2 Å². The fourth-order valence-corrected chi connectivity index (χ4v) is 5.24. The molecule has 0 aliphatic rings. The second-order valence-electron chi connectivity index (χ2n) is 10.8. The van der Waals surface area contributed by atoms with Crippen LogP contribution in [0.3, 0.4) is 0 Å². The highest BCUT2D eigenvalue weighted by Gasteiger charge is 2.11. The monoisotopic (exact) mass is 698 g/mol. The Morgan fingerprint density at radius 1 is 0.460 bits per heavy atom. The van der Waals surface area contributed by atoms with Gasteiger partial charge in [0.05, 0.1) is 0 Å². The van der Waals surface area contributed by atoms with Gasteiger partial charge in [0.25, 0.3) is 0 Å². The lowest BCUT2D eigenvalue weighted by Gasteiger charge is -2.11. The zero-order chi connectivity index (χ0) is 34.0. The molecular formula is C40H32Cl2N6O2. The van der Waals surface area contributed by atoms with Gasteiger partial charge in [-0.25, -0.2) is 0 Å². The molecule has 8 aromatic rings. The van der Waals surface area contributed by atoms with Gasteiger partial charge >= 0.3 is 0 Å². The predicted octanol–water partition coefficient (Wildman–Crippen LogP) is 10.1. The number of phenolic OH excluding ortho intramolecular Hbond substituents is 2. The fraction of sp³-hybridized carbons (Fsp3) is 0. The van der Waals surface area contributed by atoms with Crippen LogP contribution in [0.2, 0.25) is 5.15 Å². The van der Waals surface area contributed by atoms with Gasteiger partial charge in [0.1, 0.15) is 22.9 Å². The highest BCUT2D eigenvalue weighted by molar-refractivity contribution is 6.34. The molecule has 0 aliphatic carbocycles. The third-order valence-electron chi connectivity index (χ3n) is 7.45. The standard InChI is InChI=1S/C20H15N3O.C14H9ClN2.C6H7NO.ClH/c24-16-12-10-15(11-13-16)21-20-18-9-5-4-8-17(18)19(22-23-20)14-6-2-1-3-7-14;15-14-12-9-5-4-8-11(12)13(16-17-14)10-6-2-1-3-7-10;7-5-1-3-6(8)4-2-5;/h1-13,24H,(H,21,23);1-9H;1-4,8H,7H2;1H. The minimum Gasteiger partial charge on any atom is -0.508 e. The van der Waals surface area contributed by atoms with Crippen molar-refractivity contribution in [3.63, 3.8) is 0 Å². The number of anilines is 3. The molecule has 50 heavy (non-hydrogen) atoms. The first-order valence-electron chi connectivity index (χ1n) is 15.3. The van der Waals surface area contributed by atoms with Crippen molar-refractivity contribution >= 4 is 62.7 Å². The number of benzene rings is 6. The molecule has 0 aliphatic heterocycles. The maximum atomic E-state index is 9.40. The van der Waals surface area contributed by atoms with Crippen molar-refractivity contribution in [2.75, 3.05) is 11.1 Å². The molecule has 0 amide bonds. The Balaban J connectivity index is 0.000000162. The SMILES string of the molecule is Cl.Clc1nnc(-c2ccccc2)c2ccccc12.Nc1ccc(O)cc1.Oc1ccc(Nc2nnc(-c3ccccc3)c3ccccc23)cc1. The molecule has 5 N–H and O–H groups in total. The van der Waals surface area contributed by atoms with E-state index in [4.69, 9.17) is 22.4 Å². The topological polar surface area (TPSA) is 130 Å². The lowest BCUT2D eigenvalue weighted by molar-refractivity contribution is 0.475. The van der Waals surface area contributed by atoms with E-state index in [1.54, 1.807) is 48.5 Å². The lowest BCUT2D eigenvalue weighted by Crippen LogP contribution is -1.99. The fourth-order valence-electron chi connectivity index (χ4n) is 5.04. The van der Waals surface area contributed by atoms with E-state index in [0.29, 0.717) is 16.7 Å². The van der Waals surface area contributed by atoms with Crippen LogP contribution in [0.5, 0.6) is 11.5 Å². The zero-order valence-corrected chi connectivity index (χ0v) is 28.1. The summed E-state index contributed by atoms with van der Waals surface area (Å²) >= 11 is 6.04. The summed E-state index contributed by atoms with van der Waals surface area (Å²) < 4.78 is 0. The Kier molecular flexibility index (Phi) is 11.8. The molecule has 0 saturated heterocycles. The average Bonchev–Trinajstić information content (AvgIpc) is 3.15. The molecule has 8 nitrogen and oxygen atoms in total. The number of phenols is 2. The van der Waals surface area contributed by atoms with Gasteiger partial charge in [-0.2, -0.15) is 0 Å². The molecule has 0 atom stereocenters. The number of rotatable bonds is 4. The van der Waals surface area contributed by atoms with E-state index in [2.05, 4.69) is 25.7 Å². The van der Waals surface area contributed by atoms with E-state index in [0.717, 1.165) is 49.7 Å². The van der Waals surface area contributed by atoms with E-state index < -0.39 is 0 Å². The number of nitrogen functional groups attached to an aromatic ring is 1. The summed E-state index contributed by atoms with van der Waals surface area (Å²) in [5.74, 6) is 1.17. The lowest BCUT2D eigenvalue weighted by atomic mass is 10.0. The third kappa shape index (κ3) is 8.62. The number of halogens is 2. The number of hydrogen-bond acceptors (Lipinski definition) is 8. The van der Waals surface area contributed by atoms with Crippen LogP contribution in [-0.4, -0.2) is 30.6 Å². The number of nitrogens with one attached hydrogen (secondary N) is 1. The van der Waals surface area contributed by atoms with Gasteiger partial charge in [0.2, 0.25) is 0 Å². The summed E-state index contributed by atoms with van der Waals surface area (Å²) in [5, 5.41) is 42.8.